The van der Waals surface area contributed by atoms with Gasteiger partial charge in [-0.1, -0.05) is 4.60 Å². The highest BCUT2D eigenvalue weighted by Gasteiger charge is 2.32. The molecule has 0 aliphatic carbocycles. The Morgan fingerprint density at radius 1 is 1.38 bits per heavy atom. The van der Waals surface area contributed by atoms with Gasteiger partial charge in [0.2, 0.25) is 0 Å². The molecule has 0 aromatic heterocycles. The Bertz CT molecular complexity index is 261. The van der Waals surface area contributed by atoms with E-state index in [9.17, 15) is 0 Å². The zero-order chi connectivity index (χ0) is 11.9. The summed E-state index contributed by atoms with van der Waals surface area (Å²) >= 11 is 0. The Morgan fingerprint density at radius 3 is 2.62 bits per heavy atom. The van der Waals surface area contributed by atoms with Gasteiger partial charge in [0.1, 0.15) is 17.4 Å². The predicted octanol–water partition coefficient (Wildman–Crippen LogP) is 2.81. The van der Waals surface area contributed by atoms with Crippen molar-refractivity contribution in [2.45, 2.75) is 12.9 Å². The van der Waals surface area contributed by atoms with Gasteiger partial charge in [-0.05, 0) is 6.92 Å². The zero-order valence-electron chi connectivity index (χ0n) is 9.28. The lowest BCUT2D eigenvalue weighted by atomic mass is 10.6. The van der Waals surface area contributed by atoms with Gasteiger partial charge >= 0.3 is 5.97 Å². The SMILES string of the molecule is CCOC(CON1P=NP=NP1)(OC)OC. The van der Waals surface area contributed by atoms with E-state index in [4.69, 9.17) is 19.0 Å². The highest BCUT2D eigenvalue weighted by Crippen LogP contribution is 2.39. The molecule has 0 spiro atoms. The summed E-state index contributed by atoms with van der Waals surface area (Å²) in [7, 11) is 4.74. The second-order valence-corrected chi connectivity index (χ2v) is 5.76. The molecule has 1 atom stereocenters. The second kappa shape index (κ2) is 7.70. The van der Waals surface area contributed by atoms with E-state index in [1.165, 1.54) is 14.2 Å². The first-order chi connectivity index (χ1) is 7.76. The molecule has 0 amide bonds. The van der Waals surface area contributed by atoms with Crippen LogP contribution in [0.15, 0.2) is 9.03 Å². The first-order valence-electron chi connectivity index (χ1n) is 4.50. The van der Waals surface area contributed by atoms with Crippen LogP contribution in [-0.4, -0.2) is 38.0 Å². The number of hydrogen-bond donors (Lipinski definition) is 0. The van der Waals surface area contributed by atoms with Crippen molar-refractivity contribution in [3.63, 3.8) is 0 Å². The molecule has 0 radical (unpaired) electrons. The summed E-state index contributed by atoms with van der Waals surface area (Å²) in [5.74, 6) is -1.16. The summed E-state index contributed by atoms with van der Waals surface area (Å²) in [5, 5.41) is 0. The lowest BCUT2D eigenvalue weighted by molar-refractivity contribution is -0.383. The maximum atomic E-state index is 5.45. The summed E-state index contributed by atoms with van der Waals surface area (Å²) in [6.45, 7) is 2.46. The first-order valence-corrected chi connectivity index (χ1v) is 6.99. The van der Waals surface area contributed by atoms with Crippen LogP contribution < -0.4 is 0 Å². The van der Waals surface area contributed by atoms with Crippen LogP contribution in [0.1, 0.15) is 6.92 Å². The molecule has 92 valence electrons. The monoisotopic (exact) mass is 285 g/mol. The topological polar surface area (TPSA) is 64.9 Å². The van der Waals surface area contributed by atoms with Crippen molar-refractivity contribution < 1.29 is 19.0 Å². The molecule has 1 rings (SSSR count). The van der Waals surface area contributed by atoms with Crippen LogP contribution in [-0.2, 0) is 19.0 Å². The fraction of sp³-hybridized carbons (Fsp3) is 1.00. The molecule has 16 heavy (non-hydrogen) atoms. The summed E-state index contributed by atoms with van der Waals surface area (Å²) in [4.78, 5) is 5.45. The minimum Gasteiger partial charge on any atom is -0.329 e. The average Bonchev–Trinajstić information content (AvgIpc) is 2.36. The summed E-state index contributed by atoms with van der Waals surface area (Å²) in [6, 6.07) is 0. The Labute approximate surface area is 99.5 Å². The molecule has 0 saturated heterocycles. The van der Waals surface area contributed by atoms with E-state index in [-0.39, 0.29) is 15.5 Å². The minimum atomic E-state index is -1.16. The predicted molar refractivity (Wildman–Crippen MR) is 63.2 cm³/mol. The van der Waals surface area contributed by atoms with Gasteiger partial charge in [-0.2, -0.15) is 4.52 Å². The third-order valence-electron chi connectivity index (χ3n) is 1.69. The molecule has 0 fully saturated rings. The molecule has 1 unspecified atom stereocenters. The highest BCUT2D eigenvalue weighted by molar-refractivity contribution is 7.55. The summed E-state index contributed by atoms with van der Waals surface area (Å²) in [6.07, 6.45) is 0. The molecule has 0 aromatic carbocycles. The number of ether oxygens (including phenoxy) is 3. The molecule has 0 saturated carbocycles. The van der Waals surface area contributed by atoms with Gasteiger partial charge in [0.25, 0.3) is 0 Å². The van der Waals surface area contributed by atoms with E-state index in [1.54, 1.807) is 4.60 Å². The maximum Gasteiger partial charge on any atom is 0.309 e. The largest absolute Gasteiger partial charge is 0.329 e. The Morgan fingerprint density at radius 2 is 2.12 bits per heavy atom. The van der Waals surface area contributed by atoms with E-state index in [2.05, 4.69) is 9.03 Å². The van der Waals surface area contributed by atoms with Crippen LogP contribution in [0.2, 0.25) is 0 Å². The van der Waals surface area contributed by atoms with Crippen molar-refractivity contribution >= 4 is 25.9 Å². The van der Waals surface area contributed by atoms with Gasteiger partial charge in [-0.25, -0.2) is 4.52 Å². The highest BCUT2D eigenvalue weighted by atomic mass is 31.2. The van der Waals surface area contributed by atoms with Crippen LogP contribution in [0, 0.1) is 0 Å². The lowest BCUT2D eigenvalue weighted by Crippen LogP contribution is -2.42. The Hall–Kier alpha value is 0.430. The van der Waals surface area contributed by atoms with Gasteiger partial charge in [-0.15, -0.1) is 0 Å². The Balaban J connectivity index is 2.42. The van der Waals surface area contributed by atoms with E-state index >= 15 is 0 Å². The fourth-order valence-corrected chi connectivity index (χ4v) is 3.46. The van der Waals surface area contributed by atoms with E-state index in [0.717, 1.165) is 17.0 Å². The molecule has 0 N–H and O–H groups in total. The van der Waals surface area contributed by atoms with Gasteiger partial charge in [0.05, 0.1) is 0 Å². The van der Waals surface area contributed by atoms with Crippen LogP contribution in [0.5, 0.6) is 0 Å². The number of rotatable bonds is 7. The number of nitrogens with zero attached hydrogens (tertiary/aromatic N) is 3. The Kier molecular flexibility index (Phi) is 6.97. The molecule has 1 aliphatic rings. The molecular weight excluding hydrogens is 271 g/mol. The van der Waals surface area contributed by atoms with Crippen molar-refractivity contribution in [2.24, 2.45) is 9.03 Å². The second-order valence-electron chi connectivity index (χ2n) is 2.54. The maximum absolute atomic E-state index is 5.45. The fourth-order valence-electron chi connectivity index (χ4n) is 0.928. The van der Waals surface area contributed by atoms with Crippen LogP contribution >= 0.6 is 25.9 Å². The van der Waals surface area contributed by atoms with E-state index in [0.29, 0.717) is 6.61 Å². The van der Waals surface area contributed by atoms with Crippen LogP contribution in [0.3, 0.4) is 0 Å². The van der Waals surface area contributed by atoms with Crippen molar-refractivity contribution in [3.8, 4) is 0 Å². The lowest BCUT2D eigenvalue weighted by Gasteiger charge is -2.30. The van der Waals surface area contributed by atoms with Crippen LogP contribution in [0.25, 0.3) is 0 Å². The summed E-state index contributed by atoms with van der Waals surface area (Å²) in [5.41, 5.74) is 0. The summed E-state index contributed by atoms with van der Waals surface area (Å²) < 4.78 is 25.4. The smallest absolute Gasteiger partial charge is 0.309 e. The van der Waals surface area contributed by atoms with Crippen molar-refractivity contribution in [1.29, 1.82) is 0 Å². The van der Waals surface area contributed by atoms with Crippen molar-refractivity contribution in [2.75, 3.05) is 27.4 Å². The van der Waals surface area contributed by atoms with Gasteiger partial charge in [0, 0.05) is 20.8 Å². The first kappa shape index (κ1) is 14.5. The molecular formula is C6H14N3O4P3. The van der Waals surface area contributed by atoms with Gasteiger partial charge in [0.15, 0.2) is 15.1 Å². The minimum absolute atomic E-state index is 0.135. The normalized spacial score (nSPS) is 20.4. The zero-order valence-corrected chi connectivity index (χ0v) is 12.1. The van der Waals surface area contributed by atoms with Gasteiger partial charge in [-0.3, -0.25) is 4.84 Å². The average molecular weight is 285 g/mol. The quantitative estimate of drug-likeness (QED) is 0.531. The molecule has 1 heterocycles. The van der Waals surface area contributed by atoms with E-state index in [1.807, 2.05) is 6.92 Å². The third-order valence-corrected chi connectivity index (χ3v) is 4.16. The van der Waals surface area contributed by atoms with Crippen molar-refractivity contribution in [3.05, 3.63) is 0 Å². The number of methoxy groups -OCH3 is 2. The molecule has 10 heteroatoms. The standard InChI is InChI=1S/C6H14N3O4P3/c1-4-12-6(10-2,11-3)5-13-9-15-7-14-8-16-9/h15H,4-5H2,1-3H3. The molecule has 0 aromatic rings. The molecule has 1 aliphatic heterocycles. The van der Waals surface area contributed by atoms with Gasteiger partial charge < -0.3 is 14.2 Å². The molecule has 0 bridgehead atoms. The van der Waals surface area contributed by atoms with E-state index < -0.39 is 5.97 Å². The van der Waals surface area contributed by atoms with Crippen LogP contribution in [0.4, 0.5) is 0 Å². The molecule has 7 nitrogen and oxygen atoms in total. The number of hydrogen-bond acceptors (Lipinski definition) is 7. The van der Waals surface area contributed by atoms with Crippen molar-refractivity contribution in [1.82, 2.24) is 4.60 Å². The third kappa shape index (κ3) is 4.36.